The molecule has 0 aliphatic rings. The summed E-state index contributed by atoms with van der Waals surface area (Å²) in [6.45, 7) is 5.87. The Balaban J connectivity index is 2.12. The van der Waals surface area contributed by atoms with Crippen molar-refractivity contribution in [1.82, 2.24) is 10.3 Å². The Hall–Kier alpha value is -2.69. The van der Waals surface area contributed by atoms with Crippen LogP contribution in [0.3, 0.4) is 0 Å². The molecule has 0 spiro atoms. The van der Waals surface area contributed by atoms with Gasteiger partial charge in [0.25, 0.3) is 5.91 Å². The van der Waals surface area contributed by atoms with Crippen LogP contribution in [0.1, 0.15) is 36.2 Å². The summed E-state index contributed by atoms with van der Waals surface area (Å²) in [6, 6.07) is 11.9. The SMILES string of the molecule is CC[C@H](C)[C@H](NC(=O)c1ccccc1)C(=O)Nc1cc(C)ccn1. The number of benzene rings is 1. The average Bonchev–Trinajstić information content (AvgIpc) is 2.59. The molecule has 0 fully saturated rings. The van der Waals surface area contributed by atoms with Gasteiger partial charge in [0, 0.05) is 11.8 Å². The van der Waals surface area contributed by atoms with Crippen LogP contribution in [0.25, 0.3) is 0 Å². The third-order valence-corrected chi connectivity index (χ3v) is 3.98. The number of aromatic nitrogens is 1. The highest BCUT2D eigenvalue weighted by Crippen LogP contribution is 2.13. The number of pyridine rings is 1. The molecule has 2 aromatic rings. The third kappa shape index (κ3) is 4.65. The largest absolute Gasteiger partial charge is 0.340 e. The van der Waals surface area contributed by atoms with Crippen molar-refractivity contribution in [3.05, 3.63) is 59.8 Å². The minimum absolute atomic E-state index is 0.00229. The Bertz CT molecular complexity index is 701. The van der Waals surface area contributed by atoms with Crippen molar-refractivity contribution >= 4 is 17.6 Å². The maximum atomic E-state index is 12.6. The number of nitrogens with zero attached hydrogens (tertiary/aromatic N) is 1. The maximum absolute atomic E-state index is 12.6. The lowest BCUT2D eigenvalue weighted by Gasteiger charge is -2.23. The standard InChI is InChI=1S/C19H23N3O2/c1-4-14(3)17(22-18(23)15-8-6-5-7-9-15)19(24)21-16-12-13(2)10-11-20-16/h5-12,14,17H,4H2,1-3H3,(H,22,23)(H,20,21,24)/t14-,17-/m0/s1. The molecule has 5 nitrogen and oxygen atoms in total. The Morgan fingerprint density at radius 3 is 2.50 bits per heavy atom. The highest BCUT2D eigenvalue weighted by molar-refractivity contribution is 6.01. The fourth-order valence-electron chi connectivity index (χ4n) is 2.32. The number of aryl methyl sites for hydroxylation is 1. The van der Waals surface area contributed by atoms with Gasteiger partial charge < -0.3 is 10.6 Å². The molecule has 2 rings (SSSR count). The van der Waals surface area contributed by atoms with Crippen molar-refractivity contribution in [1.29, 1.82) is 0 Å². The molecule has 2 atom stereocenters. The normalized spacial score (nSPS) is 13.0. The van der Waals surface area contributed by atoms with E-state index < -0.39 is 6.04 Å². The van der Waals surface area contributed by atoms with Crippen molar-refractivity contribution in [2.45, 2.75) is 33.2 Å². The van der Waals surface area contributed by atoms with Crippen molar-refractivity contribution in [2.24, 2.45) is 5.92 Å². The highest BCUT2D eigenvalue weighted by Gasteiger charge is 2.26. The van der Waals surface area contributed by atoms with Gasteiger partial charge in [0.05, 0.1) is 0 Å². The number of anilines is 1. The molecular formula is C19H23N3O2. The third-order valence-electron chi connectivity index (χ3n) is 3.98. The van der Waals surface area contributed by atoms with Crippen LogP contribution in [0.2, 0.25) is 0 Å². The second-order valence-electron chi connectivity index (χ2n) is 5.91. The lowest BCUT2D eigenvalue weighted by atomic mass is 9.98. The van der Waals surface area contributed by atoms with Gasteiger partial charge in [-0.2, -0.15) is 0 Å². The summed E-state index contributed by atoms with van der Waals surface area (Å²) in [6.07, 6.45) is 2.42. The summed E-state index contributed by atoms with van der Waals surface area (Å²) in [5, 5.41) is 5.63. The number of hydrogen-bond acceptors (Lipinski definition) is 3. The summed E-state index contributed by atoms with van der Waals surface area (Å²) in [5.74, 6) is -0.0234. The monoisotopic (exact) mass is 325 g/mol. The zero-order valence-corrected chi connectivity index (χ0v) is 14.2. The van der Waals surface area contributed by atoms with E-state index in [1.807, 2.05) is 32.9 Å². The van der Waals surface area contributed by atoms with Crippen molar-refractivity contribution in [3.63, 3.8) is 0 Å². The summed E-state index contributed by atoms with van der Waals surface area (Å²) in [4.78, 5) is 29.1. The zero-order valence-electron chi connectivity index (χ0n) is 14.2. The number of carbonyl (C=O) groups is 2. The summed E-state index contributed by atoms with van der Waals surface area (Å²) < 4.78 is 0. The van der Waals surface area contributed by atoms with E-state index in [1.165, 1.54) is 0 Å². The highest BCUT2D eigenvalue weighted by atomic mass is 16.2. The van der Waals surface area contributed by atoms with Crippen LogP contribution in [0.4, 0.5) is 5.82 Å². The zero-order chi connectivity index (χ0) is 17.5. The summed E-state index contributed by atoms with van der Waals surface area (Å²) in [5.41, 5.74) is 1.54. The molecule has 0 bridgehead atoms. The molecule has 1 aromatic carbocycles. The Morgan fingerprint density at radius 1 is 1.17 bits per heavy atom. The van der Waals surface area contributed by atoms with Crippen LogP contribution in [-0.2, 0) is 4.79 Å². The van der Waals surface area contributed by atoms with Gasteiger partial charge in [-0.05, 0) is 42.7 Å². The molecule has 2 amide bonds. The van der Waals surface area contributed by atoms with Gasteiger partial charge >= 0.3 is 0 Å². The fourth-order valence-corrected chi connectivity index (χ4v) is 2.32. The van der Waals surface area contributed by atoms with Crippen LogP contribution in [0, 0.1) is 12.8 Å². The molecule has 24 heavy (non-hydrogen) atoms. The molecule has 5 heteroatoms. The predicted molar refractivity (Wildman–Crippen MR) is 94.8 cm³/mol. The smallest absolute Gasteiger partial charge is 0.251 e. The Morgan fingerprint density at radius 2 is 1.88 bits per heavy atom. The lowest BCUT2D eigenvalue weighted by molar-refractivity contribution is -0.119. The van der Waals surface area contributed by atoms with E-state index in [2.05, 4.69) is 15.6 Å². The van der Waals surface area contributed by atoms with E-state index in [1.54, 1.807) is 36.5 Å². The number of hydrogen-bond donors (Lipinski definition) is 2. The first-order valence-electron chi connectivity index (χ1n) is 8.10. The molecular weight excluding hydrogens is 302 g/mol. The number of rotatable bonds is 6. The molecule has 0 saturated carbocycles. The lowest BCUT2D eigenvalue weighted by Crippen LogP contribution is -2.47. The van der Waals surface area contributed by atoms with E-state index in [9.17, 15) is 9.59 Å². The van der Waals surface area contributed by atoms with Gasteiger partial charge in [-0.25, -0.2) is 4.98 Å². The van der Waals surface area contributed by atoms with Crippen LogP contribution < -0.4 is 10.6 Å². The number of amides is 2. The number of carbonyl (C=O) groups excluding carboxylic acids is 2. The van der Waals surface area contributed by atoms with Crippen LogP contribution in [0.15, 0.2) is 48.7 Å². The van der Waals surface area contributed by atoms with E-state index in [-0.39, 0.29) is 17.7 Å². The molecule has 1 heterocycles. The minimum Gasteiger partial charge on any atom is -0.340 e. The van der Waals surface area contributed by atoms with Gasteiger partial charge in [0.2, 0.25) is 5.91 Å². The molecule has 1 aromatic heterocycles. The van der Waals surface area contributed by atoms with Crippen LogP contribution in [-0.4, -0.2) is 22.8 Å². The predicted octanol–water partition coefficient (Wildman–Crippen LogP) is 3.17. The molecule has 0 radical (unpaired) electrons. The van der Waals surface area contributed by atoms with Gasteiger partial charge in [-0.1, -0.05) is 38.5 Å². The van der Waals surface area contributed by atoms with Crippen LogP contribution >= 0.6 is 0 Å². The van der Waals surface area contributed by atoms with Gasteiger partial charge in [-0.3, -0.25) is 9.59 Å². The average molecular weight is 325 g/mol. The first-order valence-corrected chi connectivity index (χ1v) is 8.10. The second kappa shape index (κ2) is 8.24. The van der Waals surface area contributed by atoms with E-state index in [0.717, 1.165) is 12.0 Å². The second-order valence-corrected chi connectivity index (χ2v) is 5.91. The Labute approximate surface area is 142 Å². The maximum Gasteiger partial charge on any atom is 0.251 e. The number of nitrogens with one attached hydrogen (secondary N) is 2. The van der Waals surface area contributed by atoms with E-state index in [4.69, 9.17) is 0 Å². The Kier molecular flexibility index (Phi) is 6.07. The van der Waals surface area contributed by atoms with Gasteiger partial charge in [0.15, 0.2) is 0 Å². The quantitative estimate of drug-likeness (QED) is 0.857. The van der Waals surface area contributed by atoms with E-state index >= 15 is 0 Å². The molecule has 0 saturated heterocycles. The molecule has 0 unspecified atom stereocenters. The van der Waals surface area contributed by atoms with Gasteiger partial charge in [0.1, 0.15) is 11.9 Å². The van der Waals surface area contributed by atoms with E-state index in [0.29, 0.717) is 11.4 Å². The van der Waals surface area contributed by atoms with Crippen molar-refractivity contribution in [3.8, 4) is 0 Å². The fraction of sp³-hybridized carbons (Fsp3) is 0.316. The summed E-state index contributed by atoms with van der Waals surface area (Å²) in [7, 11) is 0. The van der Waals surface area contributed by atoms with Crippen molar-refractivity contribution < 1.29 is 9.59 Å². The molecule has 0 aliphatic heterocycles. The minimum atomic E-state index is -0.620. The van der Waals surface area contributed by atoms with Gasteiger partial charge in [-0.15, -0.1) is 0 Å². The molecule has 2 N–H and O–H groups in total. The molecule has 0 aliphatic carbocycles. The molecule has 126 valence electrons. The topological polar surface area (TPSA) is 71.1 Å². The van der Waals surface area contributed by atoms with Crippen LogP contribution in [0.5, 0.6) is 0 Å². The first kappa shape index (κ1) is 17.7. The summed E-state index contributed by atoms with van der Waals surface area (Å²) >= 11 is 0. The van der Waals surface area contributed by atoms with Crippen molar-refractivity contribution in [2.75, 3.05) is 5.32 Å². The first-order chi connectivity index (χ1) is 11.5.